The molecule has 2 rings (SSSR count). The Hall–Kier alpha value is -2.77. The summed E-state index contributed by atoms with van der Waals surface area (Å²) in [5.41, 5.74) is 0.469. The maximum Gasteiger partial charge on any atom is 0.317 e. The van der Waals surface area contributed by atoms with Gasteiger partial charge in [0, 0.05) is 31.2 Å². The van der Waals surface area contributed by atoms with Gasteiger partial charge in [-0.3, -0.25) is 9.59 Å². The first-order valence-corrected chi connectivity index (χ1v) is 11.0. The second kappa shape index (κ2) is 11.6. The van der Waals surface area contributed by atoms with E-state index >= 15 is 0 Å². The third kappa shape index (κ3) is 7.45. The molecule has 0 radical (unpaired) electrons. The Balaban J connectivity index is 2.07. The van der Waals surface area contributed by atoms with Gasteiger partial charge in [0.1, 0.15) is 11.8 Å². The molecule has 1 heterocycles. The molecule has 1 aliphatic rings. The highest BCUT2D eigenvalue weighted by molar-refractivity contribution is 5.97. The van der Waals surface area contributed by atoms with Crippen LogP contribution in [0.3, 0.4) is 0 Å². The van der Waals surface area contributed by atoms with E-state index in [9.17, 15) is 14.4 Å². The van der Waals surface area contributed by atoms with Gasteiger partial charge >= 0.3 is 6.03 Å². The van der Waals surface area contributed by atoms with E-state index in [0.717, 1.165) is 0 Å². The predicted octanol–water partition coefficient (Wildman–Crippen LogP) is 2.40. The molecule has 1 atom stereocenters. The number of amides is 4. The first kappa shape index (κ1) is 24.5. The molecule has 1 fully saturated rings. The second-order valence-corrected chi connectivity index (χ2v) is 8.75. The van der Waals surface area contributed by atoms with Gasteiger partial charge in [-0.15, -0.1) is 0 Å². The number of methoxy groups -OCH3 is 1. The van der Waals surface area contributed by atoms with Crippen LogP contribution in [-0.4, -0.2) is 61.6 Å². The molecule has 0 aliphatic carbocycles. The molecular weight excluding hydrogens is 396 g/mol. The van der Waals surface area contributed by atoms with Crippen molar-refractivity contribution in [1.29, 1.82) is 0 Å². The molecule has 0 spiro atoms. The van der Waals surface area contributed by atoms with Gasteiger partial charge in [-0.1, -0.05) is 13.8 Å². The van der Waals surface area contributed by atoms with Crippen molar-refractivity contribution in [3.8, 4) is 5.75 Å². The van der Waals surface area contributed by atoms with Gasteiger partial charge in [0.05, 0.1) is 7.11 Å². The van der Waals surface area contributed by atoms with Crippen LogP contribution in [0.15, 0.2) is 24.3 Å². The fraction of sp³-hybridized carbons (Fsp3) is 0.609. The van der Waals surface area contributed by atoms with Crippen molar-refractivity contribution in [3.63, 3.8) is 0 Å². The van der Waals surface area contributed by atoms with Crippen molar-refractivity contribution in [1.82, 2.24) is 20.9 Å². The molecule has 1 aromatic rings. The van der Waals surface area contributed by atoms with E-state index in [1.807, 2.05) is 27.7 Å². The van der Waals surface area contributed by atoms with Gasteiger partial charge in [0.15, 0.2) is 0 Å². The number of urea groups is 1. The molecule has 0 saturated carbocycles. The molecule has 0 unspecified atom stereocenters. The van der Waals surface area contributed by atoms with Gasteiger partial charge in [-0.2, -0.15) is 0 Å². The maximum absolute atomic E-state index is 12.9. The lowest BCUT2D eigenvalue weighted by Gasteiger charge is -2.36. The number of piperidine rings is 1. The van der Waals surface area contributed by atoms with Crippen molar-refractivity contribution in [2.24, 2.45) is 11.8 Å². The summed E-state index contributed by atoms with van der Waals surface area (Å²) >= 11 is 0. The van der Waals surface area contributed by atoms with E-state index in [4.69, 9.17) is 4.74 Å². The minimum absolute atomic E-state index is 0.0440. The van der Waals surface area contributed by atoms with E-state index in [-0.39, 0.29) is 29.8 Å². The quantitative estimate of drug-likeness (QED) is 0.587. The lowest BCUT2D eigenvalue weighted by Crippen LogP contribution is -2.55. The standard InChI is InChI=1S/C23H36N4O4/c1-15(2)14-24-22(29)20(26-21(28)18-6-8-19(31-5)9-7-18)17-10-12-27(13-11-17)23(30)25-16(3)4/h6-9,15-17,20H,10-14H2,1-5H3,(H,24,29)(H,25,30)(H,26,28)/t20-/m0/s1. The Labute approximate surface area is 185 Å². The Morgan fingerprint density at radius 3 is 2.16 bits per heavy atom. The maximum atomic E-state index is 12.9. The van der Waals surface area contributed by atoms with E-state index in [0.29, 0.717) is 49.7 Å². The zero-order valence-electron chi connectivity index (χ0n) is 19.2. The van der Waals surface area contributed by atoms with Crippen LogP contribution in [0.1, 0.15) is 50.9 Å². The third-order valence-corrected chi connectivity index (χ3v) is 5.32. The summed E-state index contributed by atoms with van der Waals surface area (Å²) in [6.45, 7) is 9.55. The lowest BCUT2D eigenvalue weighted by atomic mass is 9.88. The van der Waals surface area contributed by atoms with E-state index in [2.05, 4.69) is 16.0 Å². The molecule has 4 amide bonds. The van der Waals surface area contributed by atoms with Crippen molar-refractivity contribution < 1.29 is 19.1 Å². The van der Waals surface area contributed by atoms with Crippen LogP contribution in [0.4, 0.5) is 4.79 Å². The number of carbonyl (C=O) groups is 3. The Morgan fingerprint density at radius 2 is 1.65 bits per heavy atom. The molecule has 8 heteroatoms. The van der Waals surface area contributed by atoms with Crippen molar-refractivity contribution in [2.75, 3.05) is 26.7 Å². The smallest absolute Gasteiger partial charge is 0.317 e. The number of likely N-dealkylation sites (tertiary alicyclic amines) is 1. The van der Waals surface area contributed by atoms with Crippen molar-refractivity contribution >= 4 is 17.8 Å². The third-order valence-electron chi connectivity index (χ3n) is 5.32. The molecule has 1 aromatic carbocycles. The molecule has 8 nitrogen and oxygen atoms in total. The SMILES string of the molecule is COc1ccc(C(=O)N[C@H](C(=O)NCC(C)C)C2CCN(C(=O)NC(C)C)CC2)cc1. The minimum Gasteiger partial charge on any atom is -0.497 e. The van der Waals surface area contributed by atoms with Crippen LogP contribution >= 0.6 is 0 Å². The van der Waals surface area contributed by atoms with Gasteiger partial charge in [-0.25, -0.2) is 4.79 Å². The van der Waals surface area contributed by atoms with Crippen LogP contribution in [0.5, 0.6) is 5.75 Å². The van der Waals surface area contributed by atoms with Crippen molar-refractivity contribution in [2.45, 2.75) is 52.6 Å². The molecule has 0 aromatic heterocycles. The largest absolute Gasteiger partial charge is 0.497 e. The summed E-state index contributed by atoms with van der Waals surface area (Å²) in [5.74, 6) is 0.448. The highest BCUT2D eigenvalue weighted by atomic mass is 16.5. The lowest BCUT2D eigenvalue weighted by molar-refractivity contribution is -0.124. The normalized spacial score (nSPS) is 15.5. The highest BCUT2D eigenvalue weighted by Gasteiger charge is 2.34. The number of ether oxygens (including phenoxy) is 1. The fourth-order valence-electron chi connectivity index (χ4n) is 3.55. The van der Waals surface area contributed by atoms with Gasteiger partial charge in [0.2, 0.25) is 5.91 Å². The van der Waals surface area contributed by atoms with Crippen molar-refractivity contribution in [3.05, 3.63) is 29.8 Å². The summed E-state index contributed by atoms with van der Waals surface area (Å²) in [7, 11) is 1.57. The van der Waals surface area contributed by atoms with E-state index in [1.165, 1.54) is 0 Å². The molecule has 172 valence electrons. The van der Waals surface area contributed by atoms with Gasteiger partial charge in [0.25, 0.3) is 5.91 Å². The predicted molar refractivity (Wildman–Crippen MR) is 120 cm³/mol. The number of carbonyl (C=O) groups excluding carboxylic acids is 3. The minimum atomic E-state index is -0.649. The van der Waals surface area contributed by atoms with Crippen LogP contribution in [0, 0.1) is 11.8 Å². The summed E-state index contributed by atoms with van der Waals surface area (Å²) in [4.78, 5) is 39.8. The molecule has 1 aliphatic heterocycles. The number of benzene rings is 1. The topological polar surface area (TPSA) is 99.8 Å². The van der Waals surface area contributed by atoms with Crippen LogP contribution < -0.4 is 20.7 Å². The van der Waals surface area contributed by atoms with Crippen LogP contribution in [0.25, 0.3) is 0 Å². The Kier molecular flexibility index (Phi) is 9.15. The van der Waals surface area contributed by atoms with Gasteiger partial charge in [-0.05, 0) is 62.8 Å². The molecule has 3 N–H and O–H groups in total. The van der Waals surface area contributed by atoms with E-state index in [1.54, 1.807) is 36.3 Å². The number of rotatable bonds is 8. The number of hydrogen-bond acceptors (Lipinski definition) is 4. The zero-order valence-corrected chi connectivity index (χ0v) is 19.2. The number of nitrogens with zero attached hydrogens (tertiary/aromatic N) is 1. The van der Waals surface area contributed by atoms with Gasteiger partial charge < -0.3 is 25.6 Å². The molecule has 0 bridgehead atoms. The monoisotopic (exact) mass is 432 g/mol. The Morgan fingerprint density at radius 1 is 1.03 bits per heavy atom. The fourth-order valence-corrected chi connectivity index (χ4v) is 3.55. The summed E-state index contributed by atoms with van der Waals surface area (Å²) in [6.07, 6.45) is 1.29. The number of nitrogens with one attached hydrogen (secondary N) is 3. The van der Waals surface area contributed by atoms with E-state index < -0.39 is 6.04 Å². The second-order valence-electron chi connectivity index (χ2n) is 8.75. The average Bonchev–Trinajstić information content (AvgIpc) is 2.75. The summed E-state index contributed by atoms with van der Waals surface area (Å²) in [6, 6.07) is 6.12. The summed E-state index contributed by atoms with van der Waals surface area (Å²) < 4.78 is 5.14. The number of hydrogen-bond donors (Lipinski definition) is 3. The van der Waals surface area contributed by atoms with Crippen LogP contribution in [-0.2, 0) is 4.79 Å². The average molecular weight is 433 g/mol. The first-order chi connectivity index (χ1) is 14.7. The highest BCUT2D eigenvalue weighted by Crippen LogP contribution is 2.22. The molecule has 1 saturated heterocycles. The Bertz CT molecular complexity index is 740. The summed E-state index contributed by atoms with van der Waals surface area (Å²) in [5, 5.41) is 8.78. The molecule has 31 heavy (non-hydrogen) atoms. The van der Waals surface area contributed by atoms with Crippen LogP contribution in [0.2, 0.25) is 0 Å². The first-order valence-electron chi connectivity index (χ1n) is 11.0. The molecular formula is C23H36N4O4. The zero-order chi connectivity index (χ0) is 23.0.